The Balaban J connectivity index is 1.98. The fraction of sp³-hybridized carbons (Fsp3) is 0.529. The number of alkyl halides is 3. The third-order valence-electron chi connectivity index (χ3n) is 4.48. The quantitative estimate of drug-likeness (QED) is 0.797. The molecule has 1 saturated heterocycles. The van der Waals surface area contributed by atoms with E-state index >= 15 is 0 Å². The zero-order valence-electron chi connectivity index (χ0n) is 14.4. The second-order valence-electron chi connectivity index (χ2n) is 6.32. The number of hydrogen-bond donors (Lipinski definition) is 2. The molecule has 0 radical (unpaired) electrons. The van der Waals surface area contributed by atoms with Gasteiger partial charge in [0.15, 0.2) is 0 Å². The molecule has 1 unspecified atom stereocenters. The molecule has 0 saturated carbocycles. The maximum atomic E-state index is 13.0. The van der Waals surface area contributed by atoms with E-state index in [4.69, 9.17) is 9.84 Å². The van der Waals surface area contributed by atoms with E-state index in [1.165, 1.54) is 12.0 Å². The summed E-state index contributed by atoms with van der Waals surface area (Å²) in [7, 11) is 1.50. The van der Waals surface area contributed by atoms with Gasteiger partial charge in [-0.3, -0.25) is 14.5 Å². The van der Waals surface area contributed by atoms with Crippen LogP contribution in [0.2, 0.25) is 0 Å². The molecule has 0 aliphatic carbocycles. The number of methoxy groups -OCH3 is 1. The highest BCUT2D eigenvalue weighted by atomic mass is 19.4. The zero-order chi connectivity index (χ0) is 19.5. The fourth-order valence-electron chi connectivity index (χ4n) is 3.19. The van der Waals surface area contributed by atoms with E-state index in [2.05, 4.69) is 5.32 Å². The number of aliphatic carboxylic acids is 1. The second kappa shape index (κ2) is 7.94. The number of ether oxygens (including phenoxy) is 1. The van der Waals surface area contributed by atoms with Crippen LogP contribution in [0.4, 0.5) is 13.2 Å². The van der Waals surface area contributed by atoms with Gasteiger partial charge in [0.05, 0.1) is 31.5 Å². The number of carbonyl (C=O) groups excluding carboxylic acids is 1. The number of hydrogen-bond acceptors (Lipinski definition) is 4. The highest BCUT2D eigenvalue weighted by Crippen LogP contribution is 2.37. The van der Waals surface area contributed by atoms with Crippen molar-refractivity contribution in [3.63, 3.8) is 0 Å². The number of halogens is 3. The van der Waals surface area contributed by atoms with E-state index in [-0.39, 0.29) is 13.1 Å². The van der Waals surface area contributed by atoms with Gasteiger partial charge < -0.3 is 15.2 Å². The number of carboxylic acid groups (broad SMARTS) is 1. The van der Waals surface area contributed by atoms with Crippen LogP contribution in [0.1, 0.15) is 18.5 Å². The maximum Gasteiger partial charge on any atom is 0.393 e. The molecule has 1 aliphatic rings. The van der Waals surface area contributed by atoms with Crippen LogP contribution in [-0.4, -0.2) is 54.8 Å². The molecule has 1 amide bonds. The summed E-state index contributed by atoms with van der Waals surface area (Å²) in [5.41, 5.74) is 0.737. The summed E-state index contributed by atoms with van der Waals surface area (Å²) in [5, 5.41) is 11.7. The van der Waals surface area contributed by atoms with Crippen molar-refractivity contribution in [3.05, 3.63) is 29.8 Å². The molecule has 26 heavy (non-hydrogen) atoms. The van der Waals surface area contributed by atoms with Crippen LogP contribution in [0.15, 0.2) is 24.3 Å². The lowest BCUT2D eigenvalue weighted by molar-refractivity contribution is -0.188. The smallest absolute Gasteiger partial charge is 0.393 e. The van der Waals surface area contributed by atoms with Gasteiger partial charge in [-0.2, -0.15) is 13.2 Å². The van der Waals surface area contributed by atoms with Crippen molar-refractivity contribution >= 4 is 11.9 Å². The van der Waals surface area contributed by atoms with Gasteiger partial charge in [-0.25, -0.2) is 0 Å². The van der Waals surface area contributed by atoms with E-state index in [9.17, 15) is 22.8 Å². The standard InChI is InChI=1S/C17H21F3N2O4/c1-10(11-5-3-4-6-14(11)26-2)21-15(23)9-22-7-12(16(24)25)13(8-22)17(18,19)20/h3-6,10,12-13H,7-9H2,1-2H3,(H,21,23)(H,24,25)/t10?,12-,13-/m1/s1. The molecule has 144 valence electrons. The highest BCUT2D eigenvalue weighted by Gasteiger charge is 2.52. The Labute approximate surface area is 148 Å². The minimum atomic E-state index is -4.61. The lowest BCUT2D eigenvalue weighted by Crippen LogP contribution is -2.38. The Bertz CT molecular complexity index is 666. The van der Waals surface area contributed by atoms with Crippen LogP contribution in [0.25, 0.3) is 0 Å². The zero-order valence-corrected chi connectivity index (χ0v) is 14.4. The second-order valence-corrected chi connectivity index (χ2v) is 6.32. The number of nitrogens with one attached hydrogen (secondary N) is 1. The molecule has 6 nitrogen and oxygen atoms in total. The average Bonchev–Trinajstić information content (AvgIpc) is 2.99. The summed E-state index contributed by atoms with van der Waals surface area (Å²) in [6.07, 6.45) is -4.61. The Morgan fingerprint density at radius 1 is 1.35 bits per heavy atom. The molecule has 1 aromatic carbocycles. The molecular weight excluding hydrogens is 353 g/mol. The largest absolute Gasteiger partial charge is 0.496 e. The van der Waals surface area contributed by atoms with Gasteiger partial charge in [0.1, 0.15) is 5.75 Å². The summed E-state index contributed by atoms with van der Waals surface area (Å²) in [6, 6.07) is 6.68. The summed E-state index contributed by atoms with van der Waals surface area (Å²) in [6.45, 7) is 0.626. The molecule has 0 spiro atoms. The molecule has 2 rings (SSSR count). The van der Waals surface area contributed by atoms with E-state index in [1.807, 2.05) is 0 Å². The molecule has 2 N–H and O–H groups in total. The fourth-order valence-corrected chi connectivity index (χ4v) is 3.19. The van der Waals surface area contributed by atoms with Crippen molar-refractivity contribution in [1.29, 1.82) is 0 Å². The molecule has 9 heteroatoms. The molecule has 3 atom stereocenters. The number of carboxylic acids is 1. The normalized spacial score (nSPS) is 22.0. The van der Waals surface area contributed by atoms with E-state index in [0.29, 0.717) is 5.75 Å². The lowest BCUT2D eigenvalue weighted by atomic mass is 9.96. The van der Waals surface area contributed by atoms with Gasteiger partial charge in [0.2, 0.25) is 5.91 Å². The van der Waals surface area contributed by atoms with Crippen LogP contribution in [0.3, 0.4) is 0 Å². The van der Waals surface area contributed by atoms with Crippen molar-refractivity contribution in [1.82, 2.24) is 10.2 Å². The van der Waals surface area contributed by atoms with Crippen molar-refractivity contribution in [2.24, 2.45) is 11.8 Å². The van der Waals surface area contributed by atoms with Gasteiger partial charge in [-0.1, -0.05) is 18.2 Å². The summed E-state index contributed by atoms with van der Waals surface area (Å²) >= 11 is 0. The molecule has 0 aromatic heterocycles. The molecule has 1 fully saturated rings. The van der Waals surface area contributed by atoms with Crippen LogP contribution in [0, 0.1) is 11.8 Å². The first-order valence-electron chi connectivity index (χ1n) is 8.07. The number of para-hydroxylation sites is 1. The number of benzene rings is 1. The van der Waals surface area contributed by atoms with Gasteiger partial charge in [-0.15, -0.1) is 0 Å². The van der Waals surface area contributed by atoms with E-state index < -0.39 is 42.5 Å². The Morgan fingerprint density at radius 3 is 2.54 bits per heavy atom. The molecular formula is C17H21F3N2O4. The lowest BCUT2D eigenvalue weighted by Gasteiger charge is -2.20. The molecule has 1 heterocycles. The van der Waals surface area contributed by atoms with Gasteiger partial charge in [-0.05, 0) is 13.0 Å². The van der Waals surface area contributed by atoms with Gasteiger partial charge in [0.25, 0.3) is 0 Å². The first-order chi connectivity index (χ1) is 12.1. The molecule has 0 bridgehead atoms. The van der Waals surface area contributed by atoms with Crippen LogP contribution in [0.5, 0.6) is 5.75 Å². The number of rotatable bonds is 6. The van der Waals surface area contributed by atoms with Crippen molar-refractivity contribution in [2.75, 3.05) is 26.7 Å². The van der Waals surface area contributed by atoms with Crippen LogP contribution >= 0.6 is 0 Å². The monoisotopic (exact) mass is 374 g/mol. The van der Waals surface area contributed by atoms with E-state index in [1.54, 1.807) is 31.2 Å². The van der Waals surface area contributed by atoms with Crippen molar-refractivity contribution in [2.45, 2.75) is 19.1 Å². The maximum absolute atomic E-state index is 13.0. The number of carbonyl (C=O) groups is 2. The predicted molar refractivity (Wildman–Crippen MR) is 86.7 cm³/mol. The van der Waals surface area contributed by atoms with Gasteiger partial charge >= 0.3 is 12.1 Å². The molecule has 1 aliphatic heterocycles. The van der Waals surface area contributed by atoms with Crippen LogP contribution < -0.4 is 10.1 Å². The minimum Gasteiger partial charge on any atom is -0.496 e. The highest BCUT2D eigenvalue weighted by molar-refractivity contribution is 5.79. The van der Waals surface area contributed by atoms with Gasteiger partial charge in [0, 0.05) is 18.7 Å². The Hall–Kier alpha value is -2.29. The summed E-state index contributed by atoms with van der Waals surface area (Å²) < 4.78 is 44.2. The SMILES string of the molecule is COc1ccccc1C(C)NC(=O)CN1C[C@@H](C(F)(F)F)[C@H](C(=O)O)C1. The average molecular weight is 374 g/mol. The Morgan fingerprint density at radius 2 is 2.00 bits per heavy atom. The minimum absolute atomic E-state index is 0.296. The summed E-state index contributed by atoms with van der Waals surface area (Å²) in [4.78, 5) is 24.5. The Kier molecular flexibility index (Phi) is 6.12. The van der Waals surface area contributed by atoms with E-state index in [0.717, 1.165) is 5.56 Å². The topological polar surface area (TPSA) is 78.9 Å². The number of nitrogens with zero attached hydrogens (tertiary/aromatic N) is 1. The van der Waals surface area contributed by atoms with Crippen molar-refractivity contribution < 1.29 is 32.6 Å². The predicted octanol–water partition coefficient (Wildman–Crippen LogP) is 2.07. The number of likely N-dealkylation sites (tertiary alicyclic amines) is 1. The first kappa shape index (κ1) is 20.0. The third-order valence-corrected chi connectivity index (χ3v) is 4.48. The van der Waals surface area contributed by atoms with Crippen molar-refractivity contribution in [3.8, 4) is 5.75 Å². The summed E-state index contributed by atoms with van der Waals surface area (Å²) in [5.74, 6) is -4.92. The number of amides is 1. The van der Waals surface area contributed by atoms with Crippen LogP contribution in [-0.2, 0) is 9.59 Å². The third kappa shape index (κ3) is 4.66. The first-order valence-corrected chi connectivity index (χ1v) is 8.07. The molecule has 1 aromatic rings.